The topological polar surface area (TPSA) is 60.0 Å². The average molecular weight is 334 g/mol. The van der Waals surface area contributed by atoms with Crippen molar-refractivity contribution in [3.05, 3.63) is 35.9 Å². The lowest BCUT2D eigenvalue weighted by Gasteiger charge is -2.24. The minimum atomic E-state index is -0.0779. The van der Waals surface area contributed by atoms with Crippen LogP contribution in [-0.4, -0.2) is 56.7 Å². The minimum Gasteiger partial charge on any atom is -0.381 e. The number of ether oxygens (including phenoxy) is 2. The molecule has 24 heavy (non-hydrogen) atoms. The fourth-order valence-corrected chi connectivity index (χ4v) is 3.20. The number of amides is 1. The van der Waals surface area contributed by atoms with Crippen molar-refractivity contribution in [2.75, 3.05) is 33.0 Å². The summed E-state index contributed by atoms with van der Waals surface area (Å²) in [5.41, 5.74) is 1.27. The Balaban J connectivity index is 1.40. The van der Waals surface area contributed by atoms with Crippen LogP contribution in [0.3, 0.4) is 0 Å². The molecule has 2 aliphatic rings. The molecule has 0 radical (unpaired) electrons. The van der Waals surface area contributed by atoms with Crippen molar-refractivity contribution < 1.29 is 19.1 Å². The molecule has 2 saturated heterocycles. The molecule has 2 aliphatic heterocycles. The lowest BCUT2D eigenvalue weighted by atomic mass is 10.1. The van der Waals surface area contributed by atoms with Gasteiger partial charge in [-0.3, -0.25) is 9.63 Å². The van der Waals surface area contributed by atoms with Crippen LogP contribution in [0.15, 0.2) is 30.3 Å². The molecule has 6 nitrogen and oxygen atoms in total. The van der Waals surface area contributed by atoms with Crippen molar-refractivity contribution in [3.63, 3.8) is 0 Å². The smallest absolute Gasteiger partial charge is 0.208 e. The fourth-order valence-electron chi connectivity index (χ4n) is 3.20. The lowest BCUT2D eigenvalue weighted by Crippen LogP contribution is -2.42. The Bertz CT molecular complexity index is 493. The van der Waals surface area contributed by atoms with Crippen LogP contribution in [0.2, 0.25) is 0 Å². The number of benzene rings is 1. The Kier molecular flexibility index (Phi) is 6.60. The standard InChI is InChI=1S/C18H26N2O4/c21-14-19-18-10-17(24-20(18)11-16-7-9-22-12-16)13-23-8-6-15-4-2-1-3-5-15/h1-5,14,16-18H,6-13H2,(H,19,21). The summed E-state index contributed by atoms with van der Waals surface area (Å²) in [6, 6.07) is 10.3. The van der Waals surface area contributed by atoms with Crippen molar-refractivity contribution in [1.82, 2.24) is 10.4 Å². The highest BCUT2D eigenvalue weighted by Crippen LogP contribution is 2.23. The maximum Gasteiger partial charge on any atom is 0.208 e. The number of hydrogen-bond acceptors (Lipinski definition) is 5. The first-order chi connectivity index (χ1) is 11.8. The second kappa shape index (κ2) is 9.13. The van der Waals surface area contributed by atoms with E-state index in [4.69, 9.17) is 14.3 Å². The number of rotatable bonds is 9. The molecule has 1 aromatic carbocycles. The Morgan fingerprint density at radius 1 is 1.33 bits per heavy atom. The van der Waals surface area contributed by atoms with Crippen molar-refractivity contribution in [2.45, 2.75) is 31.5 Å². The van der Waals surface area contributed by atoms with Crippen molar-refractivity contribution >= 4 is 6.41 Å². The number of hydrogen-bond donors (Lipinski definition) is 1. The van der Waals surface area contributed by atoms with Crippen molar-refractivity contribution in [2.24, 2.45) is 5.92 Å². The summed E-state index contributed by atoms with van der Waals surface area (Å²) in [6.45, 7) is 3.59. The van der Waals surface area contributed by atoms with Gasteiger partial charge < -0.3 is 14.8 Å². The highest BCUT2D eigenvalue weighted by atomic mass is 16.7. The number of nitrogens with zero attached hydrogens (tertiary/aromatic N) is 1. The van der Waals surface area contributed by atoms with Crippen LogP contribution in [0.4, 0.5) is 0 Å². The molecule has 0 aromatic heterocycles. The molecule has 0 aliphatic carbocycles. The summed E-state index contributed by atoms with van der Waals surface area (Å²) in [5, 5.41) is 4.73. The maximum absolute atomic E-state index is 10.8. The van der Waals surface area contributed by atoms with Gasteiger partial charge >= 0.3 is 0 Å². The lowest BCUT2D eigenvalue weighted by molar-refractivity contribution is -0.184. The van der Waals surface area contributed by atoms with Gasteiger partial charge in [-0.1, -0.05) is 30.3 Å². The Labute approximate surface area is 143 Å². The molecule has 6 heteroatoms. The van der Waals surface area contributed by atoms with Gasteiger partial charge in [0.05, 0.1) is 19.8 Å². The Morgan fingerprint density at radius 2 is 2.21 bits per heavy atom. The van der Waals surface area contributed by atoms with Crippen LogP contribution in [0.1, 0.15) is 18.4 Å². The zero-order chi connectivity index (χ0) is 16.6. The van der Waals surface area contributed by atoms with Gasteiger partial charge in [-0.05, 0) is 24.3 Å². The second-order valence-corrected chi connectivity index (χ2v) is 6.40. The summed E-state index contributed by atoms with van der Waals surface area (Å²) >= 11 is 0. The van der Waals surface area contributed by atoms with E-state index in [9.17, 15) is 4.79 Å². The molecule has 3 atom stereocenters. The predicted molar refractivity (Wildman–Crippen MR) is 89.1 cm³/mol. The van der Waals surface area contributed by atoms with E-state index in [0.29, 0.717) is 19.1 Å². The minimum absolute atomic E-state index is 0.0134. The molecule has 3 unspecified atom stereocenters. The van der Waals surface area contributed by atoms with E-state index in [1.54, 1.807) is 0 Å². The van der Waals surface area contributed by atoms with Crippen LogP contribution in [0.25, 0.3) is 0 Å². The molecule has 0 bridgehead atoms. The van der Waals surface area contributed by atoms with E-state index in [1.165, 1.54) is 5.56 Å². The Hall–Kier alpha value is -1.47. The van der Waals surface area contributed by atoms with Crippen LogP contribution in [0.5, 0.6) is 0 Å². The van der Waals surface area contributed by atoms with Gasteiger partial charge in [0.2, 0.25) is 6.41 Å². The molecule has 0 saturated carbocycles. The molecule has 2 fully saturated rings. The first-order valence-corrected chi connectivity index (χ1v) is 8.67. The molecule has 1 N–H and O–H groups in total. The molecule has 2 heterocycles. The van der Waals surface area contributed by atoms with E-state index >= 15 is 0 Å². The van der Waals surface area contributed by atoms with Gasteiger partial charge in [-0.25, -0.2) is 0 Å². The molecule has 3 rings (SSSR count). The second-order valence-electron chi connectivity index (χ2n) is 6.40. The van der Waals surface area contributed by atoms with Crippen molar-refractivity contribution in [3.8, 4) is 0 Å². The number of carbonyl (C=O) groups is 1. The van der Waals surface area contributed by atoms with E-state index in [2.05, 4.69) is 17.4 Å². The molecule has 1 aromatic rings. The highest BCUT2D eigenvalue weighted by Gasteiger charge is 2.35. The third-order valence-corrected chi connectivity index (χ3v) is 4.52. The summed E-state index contributed by atoms with van der Waals surface area (Å²) in [6.07, 6.45) is 3.34. The summed E-state index contributed by atoms with van der Waals surface area (Å²) in [7, 11) is 0. The first-order valence-electron chi connectivity index (χ1n) is 8.67. The van der Waals surface area contributed by atoms with Crippen LogP contribution in [-0.2, 0) is 25.5 Å². The zero-order valence-corrected chi connectivity index (χ0v) is 13.9. The molecule has 132 valence electrons. The van der Waals surface area contributed by atoms with E-state index in [1.807, 2.05) is 23.3 Å². The van der Waals surface area contributed by atoms with Gasteiger partial charge in [0.25, 0.3) is 0 Å². The quantitative estimate of drug-likeness (QED) is 0.546. The number of hydroxylamine groups is 2. The molecule has 1 amide bonds. The highest BCUT2D eigenvalue weighted by molar-refractivity contribution is 5.46. The largest absolute Gasteiger partial charge is 0.381 e. The predicted octanol–water partition coefficient (Wildman–Crippen LogP) is 1.36. The van der Waals surface area contributed by atoms with Crippen LogP contribution in [0, 0.1) is 5.92 Å². The van der Waals surface area contributed by atoms with Crippen LogP contribution >= 0.6 is 0 Å². The van der Waals surface area contributed by atoms with Crippen molar-refractivity contribution in [1.29, 1.82) is 0 Å². The van der Waals surface area contributed by atoms with Gasteiger partial charge in [0.1, 0.15) is 12.3 Å². The van der Waals surface area contributed by atoms with E-state index in [-0.39, 0.29) is 12.3 Å². The summed E-state index contributed by atoms with van der Waals surface area (Å²) in [4.78, 5) is 16.8. The van der Waals surface area contributed by atoms with E-state index in [0.717, 1.165) is 45.4 Å². The number of carbonyl (C=O) groups excluding carboxylic acids is 1. The van der Waals surface area contributed by atoms with Crippen LogP contribution < -0.4 is 5.32 Å². The fraction of sp³-hybridized carbons (Fsp3) is 0.611. The Morgan fingerprint density at radius 3 is 2.96 bits per heavy atom. The van der Waals surface area contributed by atoms with E-state index < -0.39 is 0 Å². The van der Waals surface area contributed by atoms with Gasteiger partial charge in [-0.2, -0.15) is 5.06 Å². The molecule has 0 spiro atoms. The van der Waals surface area contributed by atoms with Gasteiger partial charge in [0.15, 0.2) is 0 Å². The average Bonchev–Trinajstić information content (AvgIpc) is 3.24. The third-order valence-electron chi connectivity index (χ3n) is 4.52. The normalized spacial score (nSPS) is 27.4. The SMILES string of the molecule is O=CNC1CC(COCCc2ccccc2)ON1CC1CCOC1. The van der Waals surface area contributed by atoms with Gasteiger partial charge in [-0.15, -0.1) is 0 Å². The first kappa shape index (κ1) is 17.4. The van der Waals surface area contributed by atoms with Gasteiger partial charge in [0, 0.05) is 19.6 Å². The zero-order valence-electron chi connectivity index (χ0n) is 13.9. The third kappa shape index (κ3) is 5.01. The molecular formula is C18H26N2O4. The monoisotopic (exact) mass is 334 g/mol. The maximum atomic E-state index is 10.8. The number of nitrogens with one attached hydrogen (secondary N) is 1. The summed E-state index contributed by atoms with van der Waals surface area (Å²) in [5.74, 6) is 0.471. The summed E-state index contributed by atoms with van der Waals surface area (Å²) < 4.78 is 11.2. The molecular weight excluding hydrogens is 308 g/mol.